The van der Waals surface area contributed by atoms with Gasteiger partial charge in [0.05, 0.1) is 24.5 Å². The number of amides is 1. The normalized spacial score (nSPS) is 14.9. The molecule has 0 atom stereocenters. The lowest BCUT2D eigenvalue weighted by atomic mass is 10.3. The van der Waals surface area contributed by atoms with Gasteiger partial charge >= 0.3 is 10.8 Å². The van der Waals surface area contributed by atoms with Crippen LogP contribution in [0, 0.1) is 6.92 Å². The van der Waals surface area contributed by atoms with Crippen molar-refractivity contribution in [2.24, 2.45) is 0 Å². The lowest BCUT2D eigenvalue weighted by Crippen LogP contribution is -2.40. The van der Waals surface area contributed by atoms with E-state index in [-0.39, 0.29) is 22.7 Å². The van der Waals surface area contributed by atoms with Crippen molar-refractivity contribution in [2.45, 2.75) is 24.8 Å². The zero-order valence-electron chi connectivity index (χ0n) is 16.9. The van der Waals surface area contributed by atoms with Crippen molar-refractivity contribution in [3.8, 4) is 0 Å². The highest BCUT2D eigenvalue weighted by Crippen LogP contribution is 2.19. The molecule has 0 saturated carbocycles. The summed E-state index contributed by atoms with van der Waals surface area (Å²) in [7, 11) is -3.61. The van der Waals surface area contributed by atoms with Crippen LogP contribution in [0.1, 0.15) is 12.1 Å². The Morgan fingerprint density at radius 2 is 1.87 bits per heavy atom. The molecule has 10 nitrogen and oxygen atoms in total. The number of aromatic nitrogens is 1. The van der Waals surface area contributed by atoms with Gasteiger partial charge in [-0.1, -0.05) is 11.3 Å². The van der Waals surface area contributed by atoms with Gasteiger partial charge < -0.3 is 19.4 Å². The van der Waals surface area contributed by atoms with E-state index in [1.165, 1.54) is 33.1 Å². The number of anilines is 1. The molecule has 0 spiro atoms. The number of ether oxygens (including phenoxy) is 2. The molecule has 3 rings (SSSR count). The highest BCUT2D eigenvalue weighted by atomic mass is 32.2. The van der Waals surface area contributed by atoms with Gasteiger partial charge in [-0.25, -0.2) is 8.42 Å². The third-order valence-corrected chi connectivity index (χ3v) is 7.42. The van der Waals surface area contributed by atoms with E-state index in [0.717, 1.165) is 17.0 Å². The summed E-state index contributed by atoms with van der Waals surface area (Å²) in [5.74, 6) is -1.15. The van der Waals surface area contributed by atoms with Crippen LogP contribution in [-0.2, 0) is 35.6 Å². The molecule has 1 amide bonds. The predicted molar refractivity (Wildman–Crippen MR) is 114 cm³/mol. The van der Waals surface area contributed by atoms with Crippen molar-refractivity contribution >= 4 is 38.9 Å². The Labute approximate surface area is 183 Å². The Kier molecular flexibility index (Phi) is 7.59. The third kappa shape index (κ3) is 6.00. The number of nitrogens with zero attached hydrogens (tertiary/aromatic N) is 2. The van der Waals surface area contributed by atoms with Crippen molar-refractivity contribution in [2.75, 3.05) is 38.2 Å². The maximum atomic E-state index is 12.6. The second-order valence-electron chi connectivity index (χ2n) is 6.79. The van der Waals surface area contributed by atoms with Crippen molar-refractivity contribution in [3.05, 3.63) is 45.0 Å². The van der Waals surface area contributed by atoms with Crippen LogP contribution in [0.15, 0.2) is 39.3 Å². The van der Waals surface area contributed by atoms with Crippen LogP contribution < -0.4 is 10.2 Å². The standard InChI is InChI=1S/C19H23N3O7S2/c1-14-13-30-19(25)22(14)7-6-18(24)29-12-17(23)20-15-2-4-16(5-3-15)31(26,27)21-8-10-28-11-9-21/h2-5,13H,6-12H2,1H3,(H,20,23). The molecule has 1 aromatic heterocycles. The largest absolute Gasteiger partial charge is 0.456 e. The summed E-state index contributed by atoms with van der Waals surface area (Å²) in [6, 6.07) is 5.76. The van der Waals surface area contributed by atoms with E-state index in [1.54, 1.807) is 12.3 Å². The smallest absolute Gasteiger partial charge is 0.308 e. The zero-order chi connectivity index (χ0) is 22.4. The number of rotatable bonds is 8. The van der Waals surface area contributed by atoms with Crippen LogP contribution in [-0.4, -0.2) is 62.1 Å². The fraction of sp³-hybridized carbons (Fsp3) is 0.421. The van der Waals surface area contributed by atoms with Crippen LogP contribution in [0.2, 0.25) is 0 Å². The molecule has 0 aliphatic carbocycles. The number of esters is 1. The summed E-state index contributed by atoms with van der Waals surface area (Å²) < 4.78 is 38.1. The molecular formula is C19H23N3O7S2. The van der Waals surface area contributed by atoms with Crippen LogP contribution in [0.4, 0.5) is 5.69 Å². The van der Waals surface area contributed by atoms with Crippen molar-refractivity contribution in [1.29, 1.82) is 0 Å². The summed E-state index contributed by atoms with van der Waals surface area (Å²) in [6.45, 7) is 2.79. The number of hydrogen-bond acceptors (Lipinski definition) is 8. The van der Waals surface area contributed by atoms with Crippen molar-refractivity contribution < 1.29 is 27.5 Å². The van der Waals surface area contributed by atoms with Gasteiger partial charge in [-0.2, -0.15) is 4.31 Å². The van der Waals surface area contributed by atoms with Crippen LogP contribution in [0.25, 0.3) is 0 Å². The fourth-order valence-electron chi connectivity index (χ4n) is 2.94. The maximum Gasteiger partial charge on any atom is 0.308 e. The summed E-state index contributed by atoms with van der Waals surface area (Å²) in [4.78, 5) is 35.4. The Balaban J connectivity index is 1.47. The van der Waals surface area contributed by atoms with Gasteiger partial charge in [0.2, 0.25) is 10.0 Å². The molecular weight excluding hydrogens is 446 g/mol. The highest BCUT2D eigenvalue weighted by Gasteiger charge is 2.26. The molecule has 2 aromatic rings. The molecule has 0 unspecified atom stereocenters. The lowest BCUT2D eigenvalue weighted by molar-refractivity contribution is -0.147. The van der Waals surface area contributed by atoms with E-state index in [2.05, 4.69) is 5.32 Å². The minimum Gasteiger partial charge on any atom is -0.456 e. The zero-order valence-corrected chi connectivity index (χ0v) is 18.5. The molecule has 0 bridgehead atoms. The molecule has 2 heterocycles. The SMILES string of the molecule is Cc1csc(=O)n1CCC(=O)OCC(=O)Nc1ccc(S(=O)(=O)N2CCOCC2)cc1. The second-order valence-corrected chi connectivity index (χ2v) is 9.55. The predicted octanol–water partition coefficient (Wildman–Crippen LogP) is 0.811. The first kappa shape index (κ1) is 23.1. The average molecular weight is 470 g/mol. The highest BCUT2D eigenvalue weighted by molar-refractivity contribution is 7.89. The monoisotopic (exact) mass is 469 g/mol. The Bertz CT molecular complexity index is 1080. The summed E-state index contributed by atoms with van der Waals surface area (Å²) >= 11 is 1.06. The number of nitrogens with one attached hydrogen (secondary N) is 1. The molecule has 31 heavy (non-hydrogen) atoms. The molecule has 1 aromatic carbocycles. The maximum absolute atomic E-state index is 12.6. The minimum atomic E-state index is -3.61. The molecule has 1 fully saturated rings. The number of aryl methyl sites for hydroxylation is 1. The number of hydrogen-bond donors (Lipinski definition) is 1. The van der Waals surface area contributed by atoms with Crippen LogP contribution in [0.3, 0.4) is 0 Å². The third-order valence-electron chi connectivity index (χ3n) is 4.63. The first-order chi connectivity index (χ1) is 14.8. The average Bonchev–Trinajstić information content (AvgIpc) is 3.09. The van der Waals surface area contributed by atoms with Crippen molar-refractivity contribution in [3.63, 3.8) is 0 Å². The molecule has 12 heteroatoms. The summed E-state index contributed by atoms with van der Waals surface area (Å²) in [6.07, 6.45) is -0.0289. The number of benzene rings is 1. The van der Waals surface area contributed by atoms with Gasteiger partial charge in [0.1, 0.15) is 0 Å². The Hall–Kier alpha value is -2.54. The van der Waals surface area contributed by atoms with Crippen LogP contribution in [0.5, 0.6) is 0 Å². The van der Waals surface area contributed by atoms with Crippen LogP contribution >= 0.6 is 11.3 Å². The van der Waals surface area contributed by atoms with E-state index in [4.69, 9.17) is 9.47 Å². The van der Waals surface area contributed by atoms with E-state index < -0.39 is 28.5 Å². The van der Waals surface area contributed by atoms with E-state index in [9.17, 15) is 22.8 Å². The first-order valence-corrected chi connectivity index (χ1v) is 11.9. The van der Waals surface area contributed by atoms with Gasteiger partial charge in [0, 0.05) is 36.4 Å². The molecule has 1 aliphatic heterocycles. The molecule has 1 N–H and O–H groups in total. The quantitative estimate of drug-likeness (QED) is 0.568. The van der Waals surface area contributed by atoms with Gasteiger partial charge in [-0.15, -0.1) is 0 Å². The number of carbonyl (C=O) groups excluding carboxylic acids is 2. The lowest BCUT2D eigenvalue weighted by Gasteiger charge is -2.26. The Morgan fingerprint density at radius 3 is 2.48 bits per heavy atom. The summed E-state index contributed by atoms with van der Waals surface area (Å²) in [5, 5.41) is 4.25. The molecule has 0 radical (unpaired) electrons. The van der Waals surface area contributed by atoms with Gasteiger partial charge in [0.15, 0.2) is 6.61 Å². The number of morpholine rings is 1. The van der Waals surface area contributed by atoms with Gasteiger partial charge in [-0.3, -0.25) is 14.4 Å². The number of thiazole rings is 1. The molecule has 1 aliphatic rings. The minimum absolute atomic E-state index is 0.0289. The van der Waals surface area contributed by atoms with Gasteiger partial charge in [0.25, 0.3) is 5.91 Å². The number of carbonyl (C=O) groups is 2. The Morgan fingerprint density at radius 1 is 1.19 bits per heavy atom. The topological polar surface area (TPSA) is 124 Å². The second kappa shape index (κ2) is 10.2. The summed E-state index contributed by atoms with van der Waals surface area (Å²) in [5.41, 5.74) is 1.14. The van der Waals surface area contributed by atoms with E-state index >= 15 is 0 Å². The van der Waals surface area contributed by atoms with E-state index in [1.807, 2.05) is 0 Å². The van der Waals surface area contributed by atoms with E-state index in [0.29, 0.717) is 32.0 Å². The molecule has 1 saturated heterocycles. The first-order valence-electron chi connectivity index (χ1n) is 9.56. The van der Waals surface area contributed by atoms with Gasteiger partial charge in [-0.05, 0) is 31.2 Å². The fourth-order valence-corrected chi connectivity index (χ4v) is 5.11. The number of sulfonamides is 1. The van der Waals surface area contributed by atoms with Crippen molar-refractivity contribution in [1.82, 2.24) is 8.87 Å². The molecule has 168 valence electrons.